The predicted molar refractivity (Wildman–Crippen MR) is 271 cm³/mol. The van der Waals surface area contributed by atoms with Gasteiger partial charge in [-0.3, -0.25) is 14.4 Å². The molecule has 0 unspecified atom stereocenters. The van der Waals surface area contributed by atoms with E-state index in [1.807, 2.05) is 12.1 Å². The van der Waals surface area contributed by atoms with Crippen molar-refractivity contribution < 1.29 is 33.4 Å². The third-order valence-electron chi connectivity index (χ3n) is 13.6. The minimum atomic E-state index is -1.24. The van der Waals surface area contributed by atoms with Crippen LogP contribution in [0.2, 0.25) is 0 Å². The van der Waals surface area contributed by atoms with Gasteiger partial charge in [-0.15, -0.1) is 12.6 Å². The Kier molecular flexibility index (Phi) is 13.0. The Bertz CT molecular complexity index is 3330. The van der Waals surface area contributed by atoms with E-state index in [-0.39, 0.29) is 57.8 Å². The van der Waals surface area contributed by atoms with Gasteiger partial charge in [-0.05, 0) is 137 Å². The minimum absolute atomic E-state index is 0.0519. The first-order valence-corrected chi connectivity index (χ1v) is 23.9. The Hall–Kier alpha value is -7.18. The van der Waals surface area contributed by atoms with Gasteiger partial charge in [0.05, 0.1) is 11.6 Å². The minimum Gasteiger partial charge on any atom is -0.508 e. The molecule has 4 aromatic rings. The molecule has 1 saturated carbocycles. The summed E-state index contributed by atoms with van der Waals surface area (Å²) in [5.41, 5.74) is 7.08. The standard InChI is InChI=1S/C56H53N3O8S/c1-5-58(6-2)36-15-20-41-48(28-36)66-49-29-37(59(7-3)8-4)16-21-42(49)54(41)46-25-32(9-24-52(46)68)26-47(62)33-10-13-35(14-11-33)57-55(63)34-12-19-40(45(27-34)56(64)65)53-43-22-17-38(60)30-50(43)67-51-31-39(61)18-23-44(51)53/h9,12,15-25,27-31,33,35H,5-8,10-11,13-14,26H2,1-4H3,(H3,57,60,61,63,64,65)/p+1. The first-order valence-electron chi connectivity index (χ1n) is 23.4. The topological polar surface area (TPSA) is 153 Å². The molecule has 9 rings (SSSR count). The molecule has 2 heterocycles. The van der Waals surface area contributed by atoms with E-state index in [1.54, 1.807) is 24.3 Å². The summed E-state index contributed by atoms with van der Waals surface area (Å²) in [6, 6.07) is 32.0. The summed E-state index contributed by atoms with van der Waals surface area (Å²) < 4.78 is 15.0. The summed E-state index contributed by atoms with van der Waals surface area (Å²) in [7, 11) is 0. The molecular weight excluding hydrogens is 875 g/mol. The van der Waals surface area contributed by atoms with Crippen LogP contribution in [0.25, 0.3) is 66.8 Å². The molecule has 346 valence electrons. The zero-order valence-corrected chi connectivity index (χ0v) is 39.5. The highest BCUT2D eigenvalue weighted by molar-refractivity contribution is 7.80. The number of aromatic carboxylic acids is 1. The van der Waals surface area contributed by atoms with Crippen molar-refractivity contribution >= 4 is 57.9 Å². The number of nitrogens with zero attached hydrogens (tertiary/aromatic N) is 2. The summed E-state index contributed by atoms with van der Waals surface area (Å²) >= 11 is 4.98. The van der Waals surface area contributed by atoms with Crippen LogP contribution >= 0.6 is 12.6 Å². The van der Waals surface area contributed by atoms with Gasteiger partial charge in [-0.25, -0.2) is 9.37 Å². The average Bonchev–Trinajstić information content (AvgIpc) is 3.33. The monoisotopic (exact) mass is 928 g/mol. The lowest BCUT2D eigenvalue weighted by atomic mass is 9.81. The van der Waals surface area contributed by atoms with Crippen LogP contribution in [0.3, 0.4) is 0 Å². The van der Waals surface area contributed by atoms with Crippen LogP contribution in [0, 0.1) is 5.92 Å². The van der Waals surface area contributed by atoms with E-state index in [2.05, 4.69) is 85.0 Å². The van der Waals surface area contributed by atoms with Crippen LogP contribution in [0.1, 0.15) is 79.7 Å². The van der Waals surface area contributed by atoms with Gasteiger partial charge in [0.25, 0.3) is 5.91 Å². The fourth-order valence-electron chi connectivity index (χ4n) is 10.0. The number of benzene rings is 6. The lowest BCUT2D eigenvalue weighted by Crippen LogP contribution is -2.39. The number of carbonyl (C=O) groups is 3. The number of phenolic OH excluding ortho intramolecular Hbond substituents is 1. The molecular formula is C56H54N3O8S+. The third-order valence-corrected chi connectivity index (χ3v) is 14.0. The number of thiol groups is 1. The lowest BCUT2D eigenvalue weighted by Gasteiger charge is -2.28. The van der Waals surface area contributed by atoms with Gasteiger partial charge < -0.3 is 29.3 Å². The Morgan fingerprint density at radius 2 is 1.35 bits per heavy atom. The van der Waals surface area contributed by atoms with Crippen molar-refractivity contribution in [1.29, 1.82) is 0 Å². The van der Waals surface area contributed by atoms with Crippen LogP contribution in [0.5, 0.6) is 5.75 Å². The van der Waals surface area contributed by atoms with Gasteiger partial charge >= 0.3 is 5.97 Å². The number of Topliss-reactive ketones (excluding diaryl/α,β-unsaturated/α-hetero) is 1. The second-order valence-corrected chi connectivity index (χ2v) is 18.1. The second kappa shape index (κ2) is 19.2. The lowest BCUT2D eigenvalue weighted by molar-refractivity contribution is -0.123. The summed E-state index contributed by atoms with van der Waals surface area (Å²) in [6.45, 7) is 12.1. The van der Waals surface area contributed by atoms with Gasteiger partial charge in [0, 0.05) is 105 Å². The number of hydrogen-bond acceptors (Lipinski definition) is 9. The van der Waals surface area contributed by atoms with Crippen molar-refractivity contribution in [2.24, 2.45) is 5.92 Å². The molecule has 1 amide bonds. The number of aromatic hydroxyl groups is 1. The molecule has 4 aromatic carbocycles. The van der Waals surface area contributed by atoms with Crippen molar-refractivity contribution in [2.75, 3.05) is 31.1 Å². The van der Waals surface area contributed by atoms with E-state index in [9.17, 15) is 29.4 Å². The molecule has 0 aromatic heterocycles. The van der Waals surface area contributed by atoms with Crippen molar-refractivity contribution in [3.63, 3.8) is 0 Å². The number of fused-ring (bicyclic) bond motifs is 4. The summed E-state index contributed by atoms with van der Waals surface area (Å²) in [4.78, 5) is 55.9. The van der Waals surface area contributed by atoms with E-state index in [0.29, 0.717) is 47.8 Å². The summed E-state index contributed by atoms with van der Waals surface area (Å²) in [6.07, 6.45) is 2.68. The molecule has 0 bridgehead atoms. The Morgan fingerprint density at radius 1 is 0.706 bits per heavy atom. The average molecular weight is 929 g/mol. The van der Waals surface area contributed by atoms with Crippen molar-refractivity contribution in [1.82, 2.24) is 9.89 Å². The van der Waals surface area contributed by atoms with E-state index >= 15 is 0 Å². The summed E-state index contributed by atoms with van der Waals surface area (Å²) in [5.74, 6) is -0.704. The van der Waals surface area contributed by atoms with Gasteiger partial charge in [-0.1, -0.05) is 12.1 Å². The fraction of sp³-hybridized carbons (Fsp3) is 0.268. The zero-order valence-electron chi connectivity index (χ0n) is 38.6. The normalized spacial score (nSPS) is 15.0. The van der Waals surface area contributed by atoms with Crippen LogP contribution in [0.15, 0.2) is 128 Å². The first kappa shape index (κ1) is 46.0. The number of carbonyl (C=O) groups excluding carboxylic acids is 2. The SMILES string of the molecule is CCN(CC)c1ccc2c(-c3cc(CC(=O)C4CCC(NC(=O)c5ccc(-c6c7ccc(=O)cc-7oc7cc(O)ccc67)c(C(=O)O)c5)CC4)ccc3S)c3ccc(=[N+](CC)CC)cc-3oc2c1. The highest BCUT2D eigenvalue weighted by atomic mass is 32.1. The molecule has 2 aliphatic heterocycles. The highest BCUT2D eigenvalue weighted by Gasteiger charge is 2.29. The van der Waals surface area contributed by atoms with Crippen LogP contribution < -0.4 is 25.6 Å². The number of nitrogens with one attached hydrogen (secondary N) is 1. The van der Waals surface area contributed by atoms with Gasteiger partial charge in [0.1, 0.15) is 47.3 Å². The van der Waals surface area contributed by atoms with Crippen LogP contribution in [0.4, 0.5) is 5.69 Å². The Balaban J connectivity index is 0.930. The number of carboxylic acids is 1. The number of phenols is 1. The quantitative estimate of drug-likeness (QED) is 0.0503. The molecule has 1 fully saturated rings. The van der Waals surface area contributed by atoms with Crippen LogP contribution in [-0.2, 0) is 11.2 Å². The molecule has 68 heavy (non-hydrogen) atoms. The van der Waals surface area contributed by atoms with E-state index < -0.39 is 11.9 Å². The smallest absolute Gasteiger partial charge is 0.336 e. The molecule has 0 atom stereocenters. The Labute approximate surface area is 399 Å². The van der Waals surface area contributed by atoms with E-state index in [0.717, 1.165) is 81.1 Å². The predicted octanol–water partition coefficient (Wildman–Crippen LogP) is 10.5. The maximum Gasteiger partial charge on any atom is 0.336 e. The first-order chi connectivity index (χ1) is 32.9. The van der Waals surface area contributed by atoms with Gasteiger partial charge in [0.15, 0.2) is 5.43 Å². The second-order valence-electron chi connectivity index (χ2n) is 17.6. The van der Waals surface area contributed by atoms with Crippen LogP contribution in [-0.4, -0.2) is 60.1 Å². The van der Waals surface area contributed by atoms with E-state index in [4.69, 9.17) is 21.5 Å². The number of amides is 1. The number of rotatable bonds is 13. The number of carboxylic acid groups (broad SMARTS) is 1. The maximum absolute atomic E-state index is 14.0. The molecule has 3 aliphatic carbocycles. The largest absolute Gasteiger partial charge is 0.508 e. The fourth-order valence-corrected chi connectivity index (χ4v) is 10.3. The zero-order chi connectivity index (χ0) is 47.8. The molecule has 12 heteroatoms. The number of anilines is 1. The van der Waals surface area contributed by atoms with E-state index in [1.165, 1.54) is 30.3 Å². The Morgan fingerprint density at radius 3 is 2.04 bits per heavy atom. The molecule has 3 N–H and O–H groups in total. The number of ketones is 1. The van der Waals surface area contributed by atoms with Crippen molar-refractivity contribution in [3.8, 4) is 50.7 Å². The summed E-state index contributed by atoms with van der Waals surface area (Å²) in [5, 5.41) is 26.3. The molecule has 0 radical (unpaired) electrons. The van der Waals surface area contributed by atoms with Crippen molar-refractivity contribution in [3.05, 3.63) is 141 Å². The third kappa shape index (κ3) is 8.88. The molecule has 11 nitrogen and oxygen atoms in total. The molecule has 0 spiro atoms. The highest BCUT2D eigenvalue weighted by Crippen LogP contribution is 2.44. The van der Waals surface area contributed by atoms with Gasteiger partial charge in [-0.2, -0.15) is 0 Å². The van der Waals surface area contributed by atoms with Gasteiger partial charge in [0.2, 0.25) is 5.36 Å². The number of hydrogen-bond donors (Lipinski definition) is 4. The van der Waals surface area contributed by atoms with Crippen molar-refractivity contribution in [2.45, 2.75) is 70.7 Å². The maximum atomic E-state index is 14.0. The molecule has 5 aliphatic rings. The molecule has 0 saturated heterocycles.